The number of hydrogen-bond acceptors (Lipinski definition) is 4. The Hall–Kier alpha value is -3.60. The fourth-order valence-corrected chi connectivity index (χ4v) is 3.31. The largest absolute Gasteiger partial charge is 0.494 e. The quantitative estimate of drug-likeness (QED) is 0.442. The highest BCUT2D eigenvalue weighted by atomic mass is 16.5. The average molecular weight is 401 g/mol. The number of anilines is 1. The lowest BCUT2D eigenvalue weighted by atomic mass is 10.1. The lowest BCUT2D eigenvalue weighted by molar-refractivity contribution is 0.102. The number of hydrogen-bond donors (Lipinski definition) is 1. The Morgan fingerprint density at radius 2 is 1.63 bits per heavy atom. The fourth-order valence-electron chi connectivity index (χ4n) is 3.31. The average Bonchev–Trinajstić information content (AvgIpc) is 2.74. The number of carbonyl (C=O) groups excluding carboxylic acids is 1. The lowest BCUT2D eigenvalue weighted by Gasteiger charge is -2.09. The van der Waals surface area contributed by atoms with E-state index in [0.29, 0.717) is 39.8 Å². The van der Waals surface area contributed by atoms with E-state index in [1.165, 1.54) is 0 Å². The number of benzene rings is 3. The van der Waals surface area contributed by atoms with Gasteiger partial charge in [0.05, 0.1) is 17.4 Å². The number of amides is 1. The maximum Gasteiger partial charge on any atom is 0.255 e. The second-order valence-corrected chi connectivity index (χ2v) is 7.40. The van der Waals surface area contributed by atoms with E-state index >= 15 is 0 Å². The van der Waals surface area contributed by atoms with Gasteiger partial charge in [0.2, 0.25) is 5.43 Å². The zero-order valence-corrected chi connectivity index (χ0v) is 17.2. The Labute approximate surface area is 174 Å². The van der Waals surface area contributed by atoms with Gasteiger partial charge < -0.3 is 14.5 Å². The van der Waals surface area contributed by atoms with Gasteiger partial charge in [0.25, 0.3) is 5.91 Å². The van der Waals surface area contributed by atoms with Gasteiger partial charge in [-0.25, -0.2) is 0 Å². The van der Waals surface area contributed by atoms with Crippen molar-refractivity contribution in [2.45, 2.75) is 27.2 Å². The van der Waals surface area contributed by atoms with Crippen LogP contribution in [-0.4, -0.2) is 12.5 Å². The van der Waals surface area contributed by atoms with E-state index in [1.54, 1.807) is 42.5 Å². The normalized spacial score (nSPS) is 11.0. The summed E-state index contributed by atoms with van der Waals surface area (Å²) >= 11 is 0. The van der Waals surface area contributed by atoms with Crippen LogP contribution in [-0.2, 0) is 0 Å². The van der Waals surface area contributed by atoms with Crippen LogP contribution in [0, 0.1) is 13.8 Å². The second-order valence-electron chi connectivity index (χ2n) is 7.40. The first-order valence-electron chi connectivity index (χ1n) is 9.98. The van der Waals surface area contributed by atoms with Crippen molar-refractivity contribution < 1.29 is 13.9 Å². The highest BCUT2D eigenvalue weighted by Gasteiger charge is 2.12. The van der Waals surface area contributed by atoms with Crippen LogP contribution in [0.4, 0.5) is 5.69 Å². The van der Waals surface area contributed by atoms with Crippen LogP contribution in [0.15, 0.2) is 63.8 Å². The van der Waals surface area contributed by atoms with Crippen LogP contribution in [0.2, 0.25) is 0 Å². The van der Waals surface area contributed by atoms with Crippen molar-refractivity contribution in [1.29, 1.82) is 0 Å². The van der Waals surface area contributed by atoms with E-state index in [9.17, 15) is 9.59 Å². The summed E-state index contributed by atoms with van der Waals surface area (Å²) in [5, 5.41) is 3.91. The molecule has 4 rings (SSSR count). The SMILES string of the molecule is CCCOc1ccc(C(=O)Nc2ccc3c(=O)c4cc(C)c(C)cc4oc3c2)cc1. The van der Waals surface area contributed by atoms with E-state index in [0.717, 1.165) is 23.3 Å². The van der Waals surface area contributed by atoms with Gasteiger partial charge in [-0.05, 0) is 79.9 Å². The van der Waals surface area contributed by atoms with E-state index in [-0.39, 0.29) is 11.3 Å². The van der Waals surface area contributed by atoms with Crippen LogP contribution in [0.25, 0.3) is 21.9 Å². The fraction of sp³-hybridized carbons (Fsp3) is 0.200. The van der Waals surface area contributed by atoms with Crippen molar-refractivity contribution in [2.75, 3.05) is 11.9 Å². The summed E-state index contributed by atoms with van der Waals surface area (Å²) in [5.74, 6) is 0.490. The molecular formula is C25H23NO4. The number of rotatable bonds is 5. The molecule has 30 heavy (non-hydrogen) atoms. The van der Waals surface area contributed by atoms with Gasteiger partial charge in [-0.2, -0.15) is 0 Å². The summed E-state index contributed by atoms with van der Waals surface area (Å²) in [6.07, 6.45) is 0.925. The van der Waals surface area contributed by atoms with Crippen molar-refractivity contribution in [3.63, 3.8) is 0 Å². The van der Waals surface area contributed by atoms with Crippen molar-refractivity contribution in [2.24, 2.45) is 0 Å². The van der Waals surface area contributed by atoms with E-state index in [2.05, 4.69) is 5.32 Å². The maximum atomic E-state index is 12.9. The van der Waals surface area contributed by atoms with Crippen LogP contribution < -0.4 is 15.5 Å². The third-order valence-corrected chi connectivity index (χ3v) is 5.13. The molecule has 0 bridgehead atoms. The first kappa shape index (κ1) is 19.7. The number of ether oxygens (including phenoxy) is 1. The Kier molecular flexibility index (Phi) is 5.27. The molecule has 0 spiro atoms. The number of nitrogens with one attached hydrogen (secondary N) is 1. The molecule has 1 N–H and O–H groups in total. The molecule has 0 fully saturated rings. The predicted molar refractivity (Wildman–Crippen MR) is 120 cm³/mol. The molecule has 1 aromatic heterocycles. The number of aryl methyl sites for hydroxylation is 2. The Balaban J connectivity index is 1.63. The summed E-state index contributed by atoms with van der Waals surface area (Å²) in [7, 11) is 0. The summed E-state index contributed by atoms with van der Waals surface area (Å²) in [4.78, 5) is 25.4. The smallest absolute Gasteiger partial charge is 0.255 e. The van der Waals surface area contributed by atoms with Crippen molar-refractivity contribution in [1.82, 2.24) is 0 Å². The molecule has 3 aromatic carbocycles. The summed E-state index contributed by atoms with van der Waals surface area (Å²) in [6, 6.07) is 15.8. The monoisotopic (exact) mass is 401 g/mol. The molecule has 1 amide bonds. The molecule has 1 heterocycles. The maximum absolute atomic E-state index is 12.9. The zero-order chi connectivity index (χ0) is 21.3. The van der Waals surface area contributed by atoms with Gasteiger partial charge in [0, 0.05) is 17.3 Å². The predicted octanol–water partition coefficient (Wildman–Crippen LogP) is 5.60. The van der Waals surface area contributed by atoms with Crippen molar-refractivity contribution in [3.8, 4) is 5.75 Å². The molecule has 0 unspecified atom stereocenters. The number of carbonyl (C=O) groups is 1. The lowest BCUT2D eigenvalue weighted by Crippen LogP contribution is -2.12. The minimum atomic E-state index is -0.244. The highest BCUT2D eigenvalue weighted by Crippen LogP contribution is 2.24. The van der Waals surface area contributed by atoms with Gasteiger partial charge in [-0.3, -0.25) is 9.59 Å². The minimum Gasteiger partial charge on any atom is -0.494 e. The zero-order valence-electron chi connectivity index (χ0n) is 17.2. The minimum absolute atomic E-state index is 0.0742. The van der Waals surface area contributed by atoms with Gasteiger partial charge in [-0.15, -0.1) is 0 Å². The molecule has 4 aromatic rings. The van der Waals surface area contributed by atoms with Crippen molar-refractivity contribution >= 4 is 33.5 Å². The number of fused-ring (bicyclic) bond motifs is 2. The molecule has 0 saturated carbocycles. The topological polar surface area (TPSA) is 68.5 Å². The van der Waals surface area contributed by atoms with E-state index < -0.39 is 0 Å². The standard InChI is InChI=1S/C25H23NO4/c1-4-11-29-19-8-5-17(6-9-19)25(28)26-18-7-10-20-23(14-18)30-22-13-16(3)15(2)12-21(22)24(20)27/h5-10,12-14H,4,11H2,1-3H3,(H,26,28). The molecule has 152 valence electrons. The molecule has 5 nitrogen and oxygen atoms in total. The van der Waals surface area contributed by atoms with Gasteiger partial charge in [0.15, 0.2) is 0 Å². The summed E-state index contributed by atoms with van der Waals surface area (Å²) in [6.45, 7) is 6.63. The highest BCUT2D eigenvalue weighted by molar-refractivity contribution is 6.05. The summed E-state index contributed by atoms with van der Waals surface area (Å²) < 4.78 is 11.5. The molecule has 0 atom stereocenters. The van der Waals surface area contributed by atoms with Crippen LogP contribution in [0.1, 0.15) is 34.8 Å². The van der Waals surface area contributed by atoms with Crippen LogP contribution in [0.3, 0.4) is 0 Å². The third-order valence-electron chi connectivity index (χ3n) is 5.13. The first-order chi connectivity index (χ1) is 14.5. The Morgan fingerprint density at radius 3 is 2.37 bits per heavy atom. The molecular weight excluding hydrogens is 378 g/mol. The van der Waals surface area contributed by atoms with Gasteiger partial charge in [-0.1, -0.05) is 6.92 Å². The third kappa shape index (κ3) is 3.79. The van der Waals surface area contributed by atoms with Gasteiger partial charge in [0.1, 0.15) is 16.9 Å². The van der Waals surface area contributed by atoms with E-state index in [1.807, 2.05) is 32.9 Å². The Morgan fingerprint density at radius 1 is 0.933 bits per heavy atom. The molecule has 0 aliphatic rings. The molecule has 0 aliphatic heterocycles. The molecule has 0 radical (unpaired) electrons. The first-order valence-corrected chi connectivity index (χ1v) is 9.98. The second kappa shape index (κ2) is 8.03. The molecule has 5 heteroatoms. The van der Waals surface area contributed by atoms with E-state index in [4.69, 9.17) is 9.15 Å². The van der Waals surface area contributed by atoms with Gasteiger partial charge >= 0.3 is 0 Å². The van der Waals surface area contributed by atoms with Crippen LogP contribution >= 0.6 is 0 Å². The van der Waals surface area contributed by atoms with Crippen molar-refractivity contribution in [3.05, 3.63) is 81.5 Å². The molecule has 0 saturated heterocycles. The van der Waals surface area contributed by atoms with Crippen LogP contribution in [0.5, 0.6) is 5.75 Å². The Bertz CT molecular complexity index is 1300. The summed E-state index contributed by atoms with van der Waals surface area (Å²) in [5.41, 5.74) is 4.09. The molecule has 0 aliphatic carbocycles.